The summed E-state index contributed by atoms with van der Waals surface area (Å²) in [6.45, 7) is 0. The van der Waals surface area contributed by atoms with Crippen molar-refractivity contribution in [2.45, 2.75) is 25.3 Å². The second-order valence-corrected chi connectivity index (χ2v) is 6.74. The van der Waals surface area contributed by atoms with Gasteiger partial charge in [0.05, 0.1) is 5.56 Å². The van der Waals surface area contributed by atoms with Crippen molar-refractivity contribution in [2.75, 3.05) is 0 Å². The Hall–Kier alpha value is -2.88. The van der Waals surface area contributed by atoms with Crippen molar-refractivity contribution in [1.29, 1.82) is 0 Å². The molecule has 1 amide bonds. The average Bonchev–Trinajstić information content (AvgIpc) is 3.42. The Bertz CT molecular complexity index is 921. The van der Waals surface area contributed by atoms with Crippen LogP contribution < -0.4 is 5.32 Å². The highest BCUT2D eigenvalue weighted by atomic mass is 16.4. The molecule has 4 nitrogen and oxygen atoms in total. The van der Waals surface area contributed by atoms with E-state index in [-0.39, 0.29) is 5.91 Å². The largest absolute Gasteiger partial charge is 0.480 e. The molecule has 2 N–H and O–H groups in total. The first-order valence-electron chi connectivity index (χ1n) is 8.57. The Kier molecular flexibility index (Phi) is 3.88. The molecule has 3 aromatic carbocycles. The zero-order valence-electron chi connectivity index (χ0n) is 13.7. The van der Waals surface area contributed by atoms with Crippen LogP contribution in [0, 0.1) is 5.92 Å². The van der Waals surface area contributed by atoms with Gasteiger partial charge in [-0.25, -0.2) is 4.79 Å². The first kappa shape index (κ1) is 15.6. The second kappa shape index (κ2) is 6.20. The van der Waals surface area contributed by atoms with Gasteiger partial charge in [0.15, 0.2) is 0 Å². The Morgan fingerprint density at radius 3 is 2.08 bits per heavy atom. The normalized spacial score (nSPS) is 15.2. The van der Waals surface area contributed by atoms with Crippen LogP contribution in [0.4, 0.5) is 0 Å². The maximum atomic E-state index is 13.0. The van der Waals surface area contributed by atoms with E-state index in [0.717, 1.165) is 34.4 Å². The van der Waals surface area contributed by atoms with Gasteiger partial charge in [-0.2, -0.15) is 0 Å². The summed E-state index contributed by atoms with van der Waals surface area (Å²) in [7, 11) is 0. The fourth-order valence-corrected chi connectivity index (χ4v) is 3.40. The molecule has 126 valence electrons. The molecule has 1 atom stereocenters. The molecule has 0 spiro atoms. The summed E-state index contributed by atoms with van der Waals surface area (Å²) in [5.41, 5.74) is 0.552. The molecular weight excluding hydrogens is 314 g/mol. The van der Waals surface area contributed by atoms with Crippen LogP contribution in [-0.2, 0) is 4.79 Å². The summed E-state index contributed by atoms with van der Waals surface area (Å²) in [5.74, 6) is -0.864. The Balaban J connectivity index is 1.79. The molecule has 0 heterocycles. The number of hydrogen-bond donors (Lipinski definition) is 2. The molecule has 0 saturated heterocycles. The van der Waals surface area contributed by atoms with Gasteiger partial charge in [0, 0.05) is 0 Å². The molecular formula is C21H19NO3. The lowest BCUT2D eigenvalue weighted by molar-refractivity contribution is -0.139. The zero-order chi connectivity index (χ0) is 17.4. The number of hydrogen-bond acceptors (Lipinski definition) is 2. The monoisotopic (exact) mass is 333 g/mol. The van der Waals surface area contributed by atoms with Gasteiger partial charge < -0.3 is 10.4 Å². The van der Waals surface area contributed by atoms with Gasteiger partial charge in [0.2, 0.25) is 0 Å². The first-order chi connectivity index (χ1) is 12.1. The fraction of sp³-hybridized carbons (Fsp3) is 0.238. The van der Waals surface area contributed by atoms with E-state index >= 15 is 0 Å². The predicted molar refractivity (Wildman–Crippen MR) is 97.7 cm³/mol. The minimum absolute atomic E-state index is 0.318. The molecule has 0 aromatic heterocycles. The smallest absolute Gasteiger partial charge is 0.326 e. The molecule has 25 heavy (non-hydrogen) atoms. The van der Waals surface area contributed by atoms with Crippen LogP contribution in [0.3, 0.4) is 0 Å². The summed E-state index contributed by atoms with van der Waals surface area (Å²) < 4.78 is 0. The van der Waals surface area contributed by atoms with Crippen molar-refractivity contribution < 1.29 is 14.7 Å². The number of fused-ring (bicyclic) bond motifs is 2. The number of aliphatic carboxylic acids is 1. The highest BCUT2D eigenvalue weighted by Crippen LogP contribution is 2.34. The molecule has 3 aromatic rings. The van der Waals surface area contributed by atoms with Crippen LogP contribution in [0.5, 0.6) is 0 Å². The molecule has 1 saturated carbocycles. The third kappa shape index (κ3) is 3.07. The maximum Gasteiger partial charge on any atom is 0.326 e. The Labute approximate surface area is 145 Å². The lowest BCUT2D eigenvalue weighted by Gasteiger charge is -2.16. The maximum absolute atomic E-state index is 13.0. The number of rotatable bonds is 5. The van der Waals surface area contributed by atoms with Crippen molar-refractivity contribution >= 4 is 33.4 Å². The lowest BCUT2D eigenvalue weighted by Crippen LogP contribution is -2.41. The van der Waals surface area contributed by atoms with Crippen molar-refractivity contribution in [3.8, 4) is 0 Å². The van der Waals surface area contributed by atoms with E-state index in [0.29, 0.717) is 17.9 Å². The van der Waals surface area contributed by atoms with Crippen LogP contribution in [0.25, 0.3) is 21.5 Å². The molecule has 1 fully saturated rings. The highest BCUT2D eigenvalue weighted by Gasteiger charge is 2.31. The topological polar surface area (TPSA) is 66.4 Å². The van der Waals surface area contributed by atoms with E-state index in [4.69, 9.17) is 0 Å². The van der Waals surface area contributed by atoms with Gasteiger partial charge >= 0.3 is 5.97 Å². The molecule has 0 bridgehead atoms. The number of nitrogens with one attached hydrogen (secondary N) is 1. The second-order valence-electron chi connectivity index (χ2n) is 6.74. The summed E-state index contributed by atoms with van der Waals surface area (Å²) >= 11 is 0. The molecule has 0 aliphatic heterocycles. The quantitative estimate of drug-likeness (QED) is 0.694. The van der Waals surface area contributed by atoms with Gasteiger partial charge in [-0.15, -0.1) is 0 Å². The Morgan fingerprint density at radius 2 is 1.56 bits per heavy atom. The van der Waals surface area contributed by atoms with Crippen LogP contribution in [0.2, 0.25) is 0 Å². The fourth-order valence-electron chi connectivity index (χ4n) is 3.40. The minimum atomic E-state index is -0.968. The van der Waals surface area contributed by atoms with E-state index in [1.54, 1.807) is 0 Å². The predicted octanol–water partition coefficient (Wildman–Crippen LogP) is 3.98. The van der Waals surface area contributed by atoms with E-state index in [1.165, 1.54) is 0 Å². The van der Waals surface area contributed by atoms with Crippen LogP contribution >= 0.6 is 0 Å². The molecule has 0 radical (unpaired) electrons. The minimum Gasteiger partial charge on any atom is -0.480 e. The molecule has 4 heteroatoms. The first-order valence-corrected chi connectivity index (χ1v) is 8.57. The number of carboxylic acids is 1. The summed E-state index contributed by atoms with van der Waals surface area (Å²) in [6, 6.07) is 16.6. The summed E-state index contributed by atoms with van der Waals surface area (Å²) in [4.78, 5) is 24.6. The number of carbonyl (C=O) groups excluding carboxylic acids is 1. The lowest BCUT2D eigenvalue weighted by atomic mass is 9.96. The average molecular weight is 333 g/mol. The van der Waals surface area contributed by atoms with Gasteiger partial charge in [0.1, 0.15) is 6.04 Å². The van der Waals surface area contributed by atoms with Gasteiger partial charge in [-0.05, 0) is 39.9 Å². The third-order valence-corrected chi connectivity index (χ3v) is 4.87. The van der Waals surface area contributed by atoms with E-state index in [1.807, 2.05) is 48.5 Å². The van der Waals surface area contributed by atoms with Gasteiger partial charge in [0.25, 0.3) is 5.91 Å². The highest BCUT2D eigenvalue weighted by molar-refractivity contribution is 6.18. The standard InChI is InChI=1S/C21H19NO3/c23-20(22-18(21(24)25)11-13-9-10-13)19-16-7-3-1-5-14(16)12-15-6-2-4-8-17(15)19/h1-8,12-13,18H,9-11H2,(H,22,23)(H,24,25)/t18-/m1/s1. The van der Waals surface area contributed by atoms with E-state index in [2.05, 4.69) is 11.4 Å². The van der Waals surface area contributed by atoms with Gasteiger partial charge in [-0.3, -0.25) is 4.79 Å². The molecule has 1 aliphatic carbocycles. The SMILES string of the molecule is O=C(N[C@H](CC1CC1)C(=O)O)c1c2ccccc2cc2ccccc12. The van der Waals surface area contributed by atoms with Crippen LogP contribution in [0.1, 0.15) is 29.6 Å². The molecule has 0 unspecified atom stereocenters. The zero-order valence-corrected chi connectivity index (χ0v) is 13.7. The van der Waals surface area contributed by atoms with Crippen LogP contribution in [0.15, 0.2) is 54.6 Å². The van der Waals surface area contributed by atoms with Crippen molar-refractivity contribution in [1.82, 2.24) is 5.32 Å². The van der Waals surface area contributed by atoms with Crippen molar-refractivity contribution in [3.63, 3.8) is 0 Å². The Morgan fingerprint density at radius 1 is 1.00 bits per heavy atom. The van der Waals surface area contributed by atoms with Crippen LogP contribution in [-0.4, -0.2) is 23.0 Å². The van der Waals surface area contributed by atoms with Crippen molar-refractivity contribution in [2.24, 2.45) is 5.92 Å². The number of carboxylic acid groups (broad SMARTS) is 1. The summed E-state index contributed by atoms with van der Waals surface area (Å²) in [5, 5.41) is 15.8. The van der Waals surface area contributed by atoms with Crippen molar-refractivity contribution in [3.05, 3.63) is 60.2 Å². The number of amides is 1. The number of carbonyl (C=O) groups is 2. The number of benzene rings is 3. The van der Waals surface area contributed by atoms with E-state index in [9.17, 15) is 14.7 Å². The van der Waals surface area contributed by atoms with E-state index < -0.39 is 12.0 Å². The molecule has 1 aliphatic rings. The molecule has 4 rings (SSSR count). The summed E-state index contributed by atoms with van der Waals surface area (Å²) in [6.07, 6.45) is 2.61. The van der Waals surface area contributed by atoms with Gasteiger partial charge in [-0.1, -0.05) is 61.4 Å². The third-order valence-electron chi connectivity index (χ3n) is 4.87.